The minimum absolute atomic E-state index is 0.0393. The first-order valence-corrected chi connectivity index (χ1v) is 9.91. The maximum atomic E-state index is 11.0. The SMILES string of the molecule is CCCN1C(=S)NC(c2ccccn2)C1c1cccn1-c1ccc([N+](=O)[O-])cc1. The van der Waals surface area contributed by atoms with Crippen molar-refractivity contribution in [3.05, 3.63) is 88.5 Å². The fourth-order valence-corrected chi connectivity index (χ4v) is 4.15. The van der Waals surface area contributed by atoms with Crippen LogP contribution < -0.4 is 5.32 Å². The quantitative estimate of drug-likeness (QED) is 0.376. The summed E-state index contributed by atoms with van der Waals surface area (Å²) in [5.74, 6) is 0. The van der Waals surface area contributed by atoms with Gasteiger partial charge in [0.1, 0.15) is 0 Å². The summed E-state index contributed by atoms with van der Waals surface area (Å²) in [6.45, 7) is 2.95. The van der Waals surface area contributed by atoms with E-state index < -0.39 is 0 Å². The predicted molar refractivity (Wildman–Crippen MR) is 115 cm³/mol. The summed E-state index contributed by atoms with van der Waals surface area (Å²) >= 11 is 5.64. The maximum Gasteiger partial charge on any atom is 0.269 e. The maximum absolute atomic E-state index is 11.0. The van der Waals surface area contributed by atoms with Gasteiger partial charge >= 0.3 is 0 Å². The van der Waals surface area contributed by atoms with E-state index in [0.717, 1.165) is 30.0 Å². The Balaban J connectivity index is 1.77. The molecule has 1 aliphatic rings. The summed E-state index contributed by atoms with van der Waals surface area (Å²) < 4.78 is 2.06. The highest BCUT2D eigenvalue weighted by Crippen LogP contribution is 2.39. The van der Waals surface area contributed by atoms with Crippen LogP contribution in [0.4, 0.5) is 5.69 Å². The number of aromatic nitrogens is 2. The number of nitro groups is 1. The molecule has 1 fully saturated rings. The zero-order valence-electron chi connectivity index (χ0n) is 15.9. The zero-order chi connectivity index (χ0) is 20.4. The lowest BCUT2D eigenvalue weighted by molar-refractivity contribution is -0.384. The van der Waals surface area contributed by atoms with Crippen molar-refractivity contribution in [3.63, 3.8) is 0 Å². The van der Waals surface area contributed by atoms with Crippen molar-refractivity contribution in [1.29, 1.82) is 0 Å². The molecule has 0 aliphatic carbocycles. The molecule has 1 saturated heterocycles. The summed E-state index contributed by atoms with van der Waals surface area (Å²) in [6.07, 6.45) is 4.72. The van der Waals surface area contributed by atoms with Crippen molar-refractivity contribution < 1.29 is 4.92 Å². The molecule has 2 unspecified atom stereocenters. The van der Waals surface area contributed by atoms with Gasteiger partial charge in [0.25, 0.3) is 5.69 Å². The second-order valence-electron chi connectivity index (χ2n) is 6.90. The third-order valence-corrected chi connectivity index (χ3v) is 5.44. The fourth-order valence-electron chi connectivity index (χ4n) is 3.81. The van der Waals surface area contributed by atoms with Gasteiger partial charge in [0.15, 0.2) is 5.11 Å². The van der Waals surface area contributed by atoms with Crippen LogP contribution in [0.5, 0.6) is 0 Å². The number of pyridine rings is 1. The first kappa shape index (κ1) is 19.1. The molecule has 3 aromatic rings. The summed E-state index contributed by atoms with van der Waals surface area (Å²) in [6, 6.07) is 16.4. The van der Waals surface area contributed by atoms with E-state index in [0.29, 0.717) is 5.11 Å². The van der Waals surface area contributed by atoms with Crippen molar-refractivity contribution in [1.82, 2.24) is 19.8 Å². The van der Waals surface area contributed by atoms with Crippen molar-refractivity contribution in [3.8, 4) is 5.69 Å². The van der Waals surface area contributed by atoms with Crippen molar-refractivity contribution in [2.45, 2.75) is 25.4 Å². The smallest absolute Gasteiger partial charge is 0.269 e. The Bertz CT molecular complexity index is 1020. The van der Waals surface area contributed by atoms with E-state index in [1.165, 1.54) is 12.1 Å². The molecule has 2 atom stereocenters. The number of non-ortho nitro benzene ring substituents is 1. The van der Waals surface area contributed by atoms with E-state index >= 15 is 0 Å². The van der Waals surface area contributed by atoms with Crippen LogP contribution >= 0.6 is 12.2 Å². The van der Waals surface area contributed by atoms with Gasteiger partial charge in [0, 0.05) is 42.5 Å². The fraction of sp³-hybridized carbons (Fsp3) is 0.238. The Morgan fingerprint density at radius 3 is 2.62 bits per heavy atom. The Morgan fingerprint density at radius 1 is 1.17 bits per heavy atom. The summed E-state index contributed by atoms with van der Waals surface area (Å²) in [5.41, 5.74) is 2.92. The van der Waals surface area contributed by atoms with E-state index in [-0.39, 0.29) is 22.7 Å². The number of thiocarbonyl (C=S) groups is 1. The van der Waals surface area contributed by atoms with Gasteiger partial charge < -0.3 is 14.8 Å². The van der Waals surface area contributed by atoms with E-state index in [9.17, 15) is 10.1 Å². The average Bonchev–Trinajstić information content (AvgIpc) is 3.34. The molecule has 0 radical (unpaired) electrons. The van der Waals surface area contributed by atoms with Gasteiger partial charge in [-0.3, -0.25) is 15.1 Å². The molecule has 0 saturated carbocycles. The minimum Gasteiger partial charge on any atom is -0.352 e. The molecule has 1 N–H and O–H groups in total. The van der Waals surface area contributed by atoms with Gasteiger partial charge in [-0.1, -0.05) is 13.0 Å². The normalized spacial score (nSPS) is 18.7. The molecular formula is C21H21N5O2S. The van der Waals surface area contributed by atoms with Crippen LogP contribution in [0.3, 0.4) is 0 Å². The van der Waals surface area contributed by atoms with Gasteiger partial charge in [-0.15, -0.1) is 0 Å². The average molecular weight is 407 g/mol. The second-order valence-corrected chi connectivity index (χ2v) is 7.28. The Labute approximate surface area is 174 Å². The number of nitrogens with zero attached hydrogens (tertiary/aromatic N) is 4. The van der Waals surface area contributed by atoms with Crippen LogP contribution in [-0.2, 0) is 0 Å². The lowest BCUT2D eigenvalue weighted by Gasteiger charge is -2.28. The monoisotopic (exact) mass is 407 g/mol. The van der Waals surface area contributed by atoms with Crippen LogP contribution in [-0.4, -0.2) is 31.0 Å². The molecule has 4 rings (SSSR count). The molecule has 0 amide bonds. The first-order chi connectivity index (χ1) is 14.1. The summed E-state index contributed by atoms with van der Waals surface area (Å²) in [4.78, 5) is 17.3. The molecule has 3 heterocycles. The number of rotatable bonds is 6. The lowest BCUT2D eigenvalue weighted by atomic mass is 10.0. The molecule has 0 spiro atoms. The van der Waals surface area contributed by atoms with Crippen LogP contribution in [0.1, 0.15) is 36.8 Å². The molecule has 1 aromatic carbocycles. The van der Waals surface area contributed by atoms with Crippen LogP contribution in [0.2, 0.25) is 0 Å². The molecular weight excluding hydrogens is 386 g/mol. The van der Waals surface area contributed by atoms with Crippen LogP contribution in [0.25, 0.3) is 5.69 Å². The van der Waals surface area contributed by atoms with Crippen LogP contribution in [0, 0.1) is 10.1 Å². The lowest BCUT2D eigenvalue weighted by Crippen LogP contribution is -2.31. The topological polar surface area (TPSA) is 76.2 Å². The van der Waals surface area contributed by atoms with E-state index in [2.05, 4.69) is 32.8 Å². The molecule has 7 nitrogen and oxygen atoms in total. The molecule has 8 heteroatoms. The molecule has 148 valence electrons. The number of nitrogens with one attached hydrogen (secondary N) is 1. The van der Waals surface area contributed by atoms with Gasteiger partial charge in [-0.2, -0.15) is 0 Å². The number of nitro benzene ring substituents is 1. The number of benzene rings is 1. The van der Waals surface area contributed by atoms with Gasteiger partial charge in [0.2, 0.25) is 0 Å². The van der Waals surface area contributed by atoms with Crippen LogP contribution in [0.15, 0.2) is 67.0 Å². The molecule has 1 aliphatic heterocycles. The second kappa shape index (κ2) is 8.00. The number of hydrogen-bond donors (Lipinski definition) is 1. The highest BCUT2D eigenvalue weighted by molar-refractivity contribution is 7.80. The zero-order valence-corrected chi connectivity index (χ0v) is 16.7. The van der Waals surface area contributed by atoms with E-state index in [1.807, 2.05) is 30.5 Å². The summed E-state index contributed by atoms with van der Waals surface area (Å²) in [5, 5.41) is 15.1. The number of hydrogen-bond acceptors (Lipinski definition) is 4. The largest absolute Gasteiger partial charge is 0.352 e. The molecule has 0 bridgehead atoms. The first-order valence-electron chi connectivity index (χ1n) is 9.50. The highest BCUT2D eigenvalue weighted by atomic mass is 32.1. The molecule has 29 heavy (non-hydrogen) atoms. The van der Waals surface area contributed by atoms with Gasteiger partial charge in [-0.05, 0) is 55.0 Å². The highest BCUT2D eigenvalue weighted by Gasteiger charge is 2.40. The van der Waals surface area contributed by atoms with Crippen molar-refractivity contribution in [2.24, 2.45) is 0 Å². The van der Waals surface area contributed by atoms with E-state index in [4.69, 9.17) is 12.2 Å². The standard InChI is InChI=1S/C21H21N5O2S/c1-2-13-25-20(19(23-21(25)29)17-6-3-4-12-22-17)18-7-5-14-24(18)15-8-10-16(11-9-15)26(27)28/h3-12,14,19-20H,2,13H2,1H3,(H,23,29). The minimum atomic E-state index is -0.389. The Morgan fingerprint density at radius 2 is 1.97 bits per heavy atom. The Kier molecular flexibility index (Phi) is 5.26. The Hall–Kier alpha value is -3.26. The molecule has 2 aromatic heterocycles. The summed E-state index contributed by atoms with van der Waals surface area (Å²) in [7, 11) is 0. The van der Waals surface area contributed by atoms with E-state index in [1.54, 1.807) is 18.3 Å². The van der Waals surface area contributed by atoms with Crippen molar-refractivity contribution >= 4 is 23.0 Å². The predicted octanol–water partition coefficient (Wildman–Crippen LogP) is 4.16. The van der Waals surface area contributed by atoms with Gasteiger partial charge in [0.05, 0.1) is 22.7 Å². The van der Waals surface area contributed by atoms with Crippen molar-refractivity contribution in [2.75, 3.05) is 6.54 Å². The van der Waals surface area contributed by atoms with Gasteiger partial charge in [-0.25, -0.2) is 0 Å². The third-order valence-electron chi connectivity index (χ3n) is 5.08. The third kappa shape index (κ3) is 3.58.